The van der Waals surface area contributed by atoms with Crippen molar-refractivity contribution < 1.29 is 28.3 Å². The Labute approximate surface area is 234 Å². The molecule has 0 N–H and O–H groups in total. The fraction of sp³-hybridized carbons (Fsp3) is 0.344. The number of benzene rings is 2. The minimum atomic E-state index is -0.491. The van der Waals surface area contributed by atoms with Gasteiger partial charge in [0.05, 0.1) is 18.7 Å². The third-order valence-electron chi connectivity index (χ3n) is 7.39. The molecule has 2 amide bonds. The van der Waals surface area contributed by atoms with Crippen molar-refractivity contribution in [2.24, 2.45) is 0 Å². The van der Waals surface area contributed by atoms with E-state index in [2.05, 4.69) is 0 Å². The lowest BCUT2D eigenvalue weighted by molar-refractivity contribution is -0.140. The van der Waals surface area contributed by atoms with Crippen LogP contribution in [0.3, 0.4) is 0 Å². The third-order valence-corrected chi connectivity index (χ3v) is 7.39. The van der Waals surface area contributed by atoms with E-state index in [4.69, 9.17) is 13.9 Å². The highest BCUT2D eigenvalue weighted by Crippen LogP contribution is 2.39. The van der Waals surface area contributed by atoms with Crippen LogP contribution in [0, 0.1) is 0 Å². The summed E-state index contributed by atoms with van der Waals surface area (Å²) in [6.07, 6.45) is 3.19. The number of piperidine rings is 1. The van der Waals surface area contributed by atoms with E-state index in [1.165, 1.54) is 0 Å². The molecule has 1 aromatic heterocycles. The van der Waals surface area contributed by atoms with Crippen molar-refractivity contribution in [3.05, 3.63) is 95.1 Å². The molecule has 0 spiro atoms. The van der Waals surface area contributed by atoms with Gasteiger partial charge >= 0.3 is 5.97 Å². The summed E-state index contributed by atoms with van der Waals surface area (Å²) in [5, 5.41) is 0. The number of esters is 1. The molecule has 40 heavy (non-hydrogen) atoms. The molecule has 2 aliphatic rings. The molecular formula is C32H34N2O6. The Morgan fingerprint density at radius 3 is 2.45 bits per heavy atom. The van der Waals surface area contributed by atoms with Gasteiger partial charge in [-0.25, -0.2) is 4.79 Å². The number of likely N-dealkylation sites (tertiary alicyclic amines) is 1. The van der Waals surface area contributed by atoms with Gasteiger partial charge in [0.15, 0.2) is 5.76 Å². The van der Waals surface area contributed by atoms with E-state index in [9.17, 15) is 14.4 Å². The van der Waals surface area contributed by atoms with E-state index in [0.29, 0.717) is 28.5 Å². The smallest absolute Gasteiger partial charge is 0.336 e. The average Bonchev–Trinajstić information content (AvgIpc) is 3.44. The maximum absolute atomic E-state index is 13.5. The van der Waals surface area contributed by atoms with Gasteiger partial charge in [-0.3, -0.25) is 9.59 Å². The maximum atomic E-state index is 13.5. The highest BCUT2D eigenvalue weighted by molar-refractivity contribution is 5.96. The van der Waals surface area contributed by atoms with E-state index in [1.807, 2.05) is 59.5 Å². The molecule has 1 unspecified atom stereocenters. The molecule has 0 radical (unpaired) electrons. The summed E-state index contributed by atoms with van der Waals surface area (Å²) in [5.74, 6) is 0.820. The zero-order valence-electron chi connectivity index (χ0n) is 22.9. The number of ether oxygens (including phenoxy) is 2. The molecule has 5 rings (SSSR count). The third kappa shape index (κ3) is 5.96. The van der Waals surface area contributed by atoms with Crippen LogP contribution in [0.4, 0.5) is 0 Å². The summed E-state index contributed by atoms with van der Waals surface area (Å²) in [6.45, 7) is 5.29. The molecular weight excluding hydrogens is 508 g/mol. The van der Waals surface area contributed by atoms with Gasteiger partial charge < -0.3 is 23.7 Å². The first kappa shape index (κ1) is 27.2. The maximum Gasteiger partial charge on any atom is 0.336 e. The predicted molar refractivity (Wildman–Crippen MR) is 149 cm³/mol. The van der Waals surface area contributed by atoms with Crippen LogP contribution in [0.1, 0.15) is 67.3 Å². The van der Waals surface area contributed by atoms with Gasteiger partial charge in [0.25, 0.3) is 5.91 Å². The fourth-order valence-corrected chi connectivity index (χ4v) is 5.37. The monoisotopic (exact) mass is 542 g/mol. The molecule has 8 nitrogen and oxygen atoms in total. The van der Waals surface area contributed by atoms with Gasteiger partial charge in [-0.2, -0.15) is 0 Å². The molecule has 3 aromatic rings. The largest absolute Gasteiger partial charge is 0.463 e. The summed E-state index contributed by atoms with van der Waals surface area (Å²) < 4.78 is 17.3. The number of hydrogen-bond acceptors (Lipinski definition) is 6. The first-order valence-corrected chi connectivity index (χ1v) is 13.8. The van der Waals surface area contributed by atoms with Gasteiger partial charge in [0.1, 0.15) is 17.3 Å². The van der Waals surface area contributed by atoms with Crippen LogP contribution < -0.4 is 4.74 Å². The number of nitrogens with zero attached hydrogens (tertiary/aromatic N) is 2. The lowest BCUT2D eigenvalue weighted by Crippen LogP contribution is -2.38. The van der Waals surface area contributed by atoms with Crippen LogP contribution in [0.5, 0.6) is 11.5 Å². The fourth-order valence-electron chi connectivity index (χ4n) is 5.37. The number of para-hydroxylation sites is 1. The predicted octanol–water partition coefficient (Wildman–Crippen LogP) is 6.05. The number of carbonyl (C=O) groups is 3. The van der Waals surface area contributed by atoms with Crippen molar-refractivity contribution in [1.82, 2.24) is 9.80 Å². The Kier molecular flexibility index (Phi) is 8.34. The number of hydrogen-bond donors (Lipinski definition) is 0. The Bertz CT molecular complexity index is 1400. The summed E-state index contributed by atoms with van der Waals surface area (Å²) in [4.78, 5) is 42.9. The van der Waals surface area contributed by atoms with Gasteiger partial charge in [-0.15, -0.1) is 0 Å². The van der Waals surface area contributed by atoms with Crippen molar-refractivity contribution in [1.29, 1.82) is 0 Å². The first-order chi connectivity index (χ1) is 19.4. The van der Waals surface area contributed by atoms with Crippen molar-refractivity contribution >= 4 is 17.8 Å². The standard InChI is InChI=1S/C32H34N2O6/c1-3-38-32(37)30-22(2)34(21-26-15-16-28(40-26)31(36)33-17-8-5-9-18-33)29(35)20-27(30)23-11-10-14-25(19-23)39-24-12-6-4-7-13-24/h4,6-7,10-16,19,27H,3,5,8-9,17-18,20-21H2,1-2H3. The molecule has 1 fully saturated rings. The zero-order valence-corrected chi connectivity index (χ0v) is 22.9. The lowest BCUT2D eigenvalue weighted by Gasteiger charge is -2.34. The summed E-state index contributed by atoms with van der Waals surface area (Å²) in [5.41, 5.74) is 1.72. The molecule has 3 heterocycles. The van der Waals surface area contributed by atoms with Crippen LogP contribution in [0.25, 0.3) is 0 Å². The SMILES string of the molecule is CCOC(=O)C1=C(C)N(Cc2ccc(C(=O)N3CCCCC3)o2)C(=O)CC1c1cccc(Oc2ccccc2)c1. The summed E-state index contributed by atoms with van der Waals surface area (Å²) in [6, 6.07) is 20.3. The molecule has 0 bridgehead atoms. The zero-order chi connectivity index (χ0) is 28.1. The van der Waals surface area contributed by atoms with Crippen LogP contribution in [0.15, 0.2) is 82.4 Å². The molecule has 1 saturated heterocycles. The second-order valence-electron chi connectivity index (χ2n) is 10.1. The highest BCUT2D eigenvalue weighted by atomic mass is 16.5. The molecule has 1 atom stereocenters. The number of allylic oxidation sites excluding steroid dienone is 1. The van der Waals surface area contributed by atoms with Gasteiger partial charge in [-0.05, 0) is 75.1 Å². The summed E-state index contributed by atoms with van der Waals surface area (Å²) >= 11 is 0. The minimum absolute atomic E-state index is 0.0839. The van der Waals surface area contributed by atoms with Gasteiger partial charge in [0.2, 0.25) is 5.91 Å². The van der Waals surface area contributed by atoms with Crippen LogP contribution in [0.2, 0.25) is 0 Å². The van der Waals surface area contributed by atoms with Crippen LogP contribution in [-0.2, 0) is 20.9 Å². The summed E-state index contributed by atoms with van der Waals surface area (Å²) in [7, 11) is 0. The van der Waals surface area contributed by atoms with Crippen molar-refractivity contribution in [2.75, 3.05) is 19.7 Å². The van der Waals surface area contributed by atoms with Crippen LogP contribution in [-0.4, -0.2) is 47.3 Å². The number of rotatable bonds is 8. The number of amides is 2. The van der Waals surface area contributed by atoms with Gasteiger partial charge in [0, 0.05) is 31.1 Å². The number of furan rings is 1. The minimum Gasteiger partial charge on any atom is -0.463 e. The average molecular weight is 543 g/mol. The normalized spacial score (nSPS) is 17.6. The van der Waals surface area contributed by atoms with E-state index in [1.54, 1.807) is 30.9 Å². The molecule has 0 aliphatic carbocycles. The van der Waals surface area contributed by atoms with E-state index in [0.717, 1.165) is 37.9 Å². The second-order valence-corrected chi connectivity index (χ2v) is 10.1. The van der Waals surface area contributed by atoms with Crippen molar-refractivity contribution in [3.8, 4) is 11.5 Å². The van der Waals surface area contributed by atoms with E-state index >= 15 is 0 Å². The number of carbonyl (C=O) groups excluding carboxylic acids is 3. The Hall–Kier alpha value is -4.33. The van der Waals surface area contributed by atoms with E-state index in [-0.39, 0.29) is 37.1 Å². The topological polar surface area (TPSA) is 89.3 Å². The molecule has 208 valence electrons. The Balaban J connectivity index is 1.40. The Morgan fingerprint density at radius 2 is 1.70 bits per heavy atom. The van der Waals surface area contributed by atoms with Crippen molar-refractivity contribution in [3.63, 3.8) is 0 Å². The Morgan fingerprint density at radius 1 is 0.950 bits per heavy atom. The van der Waals surface area contributed by atoms with Crippen molar-refractivity contribution in [2.45, 2.75) is 52.0 Å². The van der Waals surface area contributed by atoms with Gasteiger partial charge in [-0.1, -0.05) is 30.3 Å². The molecule has 0 saturated carbocycles. The van der Waals surface area contributed by atoms with Crippen LogP contribution >= 0.6 is 0 Å². The molecule has 2 aliphatic heterocycles. The van der Waals surface area contributed by atoms with E-state index < -0.39 is 11.9 Å². The molecule has 8 heteroatoms. The first-order valence-electron chi connectivity index (χ1n) is 13.8. The highest BCUT2D eigenvalue weighted by Gasteiger charge is 2.37. The quantitative estimate of drug-likeness (QED) is 0.322. The second kappa shape index (κ2) is 12.2. The molecule has 2 aromatic carbocycles. The lowest BCUT2D eigenvalue weighted by atomic mass is 9.83.